The fourth-order valence-electron chi connectivity index (χ4n) is 4.34. The summed E-state index contributed by atoms with van der Waals surface area (Å²) in [4.78, 5) is 40.8. The Kier molecular flexibility index (Phi) is 4.88. The molecule has 0 aliphatic carbocycles. The van der Waals surface area contributed by atoms with Crippen LogP contribution in [0.15, 0.2) is 42.4 Å². The molecule has 33 heavy (non-hydrogen) atoms. The van der Waals surface area contributed by atoms with Crippen LogP contribution in [0.2, 0.25) is 0 Å². The maximum Gasteiger partial charge on any atom is 0.255 e. The highest BCUT2D eigenvalue weighted by molar-refractivity contribution is 6.06. The minimum Gasteiger partial charge on any atom is -0.381 e. The molecule has 8 heteroatoms. The zero-order valence-corrected chi connectivity index (χ0v) is 18.2. The molecule has 2 fully saturated rings. The molecule has 3 aliphatic rings. The number of hydrogen-bond donors (Lipinski definition) is 2. The van der Waals surface area contributed by atoms with Gasteiger partial charge in [0, 0.05) is 56.0 Å². The molecule has 3 heterocycles. The fourth-order valence-corrected chi connectivity index (χ4v) is 4.34. The quantitative estimate of drug-likeness (QED) is 0.651. The van der Waals surface area contributed by atoms with Gasteiger partial charge in [0.05, 0.1) is 18.7 Å². The Labute approximate surface area is 198 Å². The first kappa shape index (κ1) is 17.3. The van der Waals surface area contributed by atoms with Crippen molar-refractivity contribution in [1.82, 2.24) is 15.1 Å². The van der Waals surface area contributed by atoms with E-state index in [0.717, 1.165) is 43.3 Å². The number of carbonyl (C=O) groups is 3. The van der Waals surface area contributed by atoms with Gasteiger partial charge in [-0.25, -0.2) is 0 Å². The van der Waals surface area contributed by atoms with Crippen LogP contribution in [0.1, 0.15) is 45.4 Å². The van der Waals surface area contributed by atoms with Crippen LogP contribution in [-0.2, 0) is 34.0 Å². The van der Waals surface area contributed by atoms with Crippen LogP contribution in [0.3, 0.4) is 0 Å². The van der Waals surface area contributed by atoms with Gasteiger partial charge in [-0.15, -0.1) is 0 Å². The number of hydrogen-bond acceptors (Lipinski definition) is 6. The van der Waals surface area contributed by atoms with Crippen LogP contribution < -0.4 is 10.6 Å². The molecule has 1 unspecified atom stereocenters. The van der Waals surface area contributed by atoms with Gasteiger partial charge in [0.15, 0.2) is 0 Å². The summed E-state index contributed by atoms with van der Waals surface area (Å²) >= 11 is 0. The van der Waals surface area contributed by atoms with Crippen LogP contribution in [0, 0.1) is 0 Å². The number of rotatable bonds is 6. The second kappa shape index (κ2) is 9.33. The molecule has 2 saturated heterocycles. The normalized spacial score (nSPS) is 25.1. The SMILES string of the molecule is [2H]c1c([2H])c(NCc2ccc(CN3CCOCC3)cc2)c2c(c1[2H])C(=O)N(C1([2H])CCC(=O)NC1=O)C2. The highest BCUT2D eigenvalue weighted by Crippen LogP contribution is 2.32. The van der Waals surface area contributed by atoms with Gasteiger partial charge in [-0.2, -0.15) is 0 Å². The first-order valence-corrected chi connectivity index (χ1v) is 11.1. The summed E-state index contributed by atoms with van der Waals surface area (Å²) in [6.45, 7) is 4.26. The van der Waals surface area contributed by atoms with Gasteiger partial charge in [0.25, 0.3) is 5.91 Å². The average Bonchev–Trinajstić information content (AvgIpc) is 3.24. The van der Waals surface area contributed by atoms with Crippen LogP contribution in [-0.4, -0.2) is 59.8 Å². The lowest BCUT2D eigenvalue weighted by Gasteiger charge is -2.29. The average molecular weight is 453 g/mol. The van der Waals surface area contributed by atoms with Crippen molar-refractivity contribution in [3.8, 4) is 0 Å². The molecule has 0 saturated carbocycles. The van der Waals surface area contributed by atoms with Crippen molar-refractivity contribution in [2.45, 2.75) is 38.5 Å². The number of fused-ring (bicyclic) bond motifs is 1. The summed E-state index contributed by atoms with van der Waals surface area (Å²) < 4.78 is 39.1. The number of nitrogens with zero attached hydrogens (tertiary/aromatic N) is 2. The Morgan fingerprint density at radius 2 is 1.88 bits per heavy atom. The fraction of sp³-hybridized carbons (Fsp3) is 0.400. The van der Waals surface area contributed by atoms with E-state index < -0.39 is 35.8 Å². The van der Waals surface area contributed by atoms with Crippen molar-refractivity contribution in [3.05, 3.63) is 64.6 Å². The maximum absolute atomic E-state index is 13.3. The van der Waals surface area contributed by atoms with Gasteiger partial charge in [-0.1, -0.05) is 30.3 Å². The number of benzene rings is 2. The monoisotopic (exact) mass is 452 g/mol. The maximum atomic E-state index is 13.3. The predicted octanol–water partition coefficient (Wildman–Crippen LogP) is 1.89. The van der Waals surface area contributed by atoms with E-state index in [4.69, 9.17) is 10.2 Å². The Hall–Kier alpha value is -3.23. The summed E-state index contributed by atoms with van der Waals surface area (Å²) in [6, 6.07) is 5.01. The van der Waals surface area contributed by atoms with Gasteiger partial charge < -0.3 is 15.0 Å². The zero-order chi connectivity index (χ0) is 26.3. The topological polar surface area (TPSA) is 91.0 Å². The molecule has 2 aromatic carbocycles. The number of morpholine rings is 1. The first-order valence-electron chi connectivity index (χ1n) is 13.1. The summed E-state index contributed by atoms with van der Waals surface area (Å²) in [6.07, 6.45) is -0.241. The van der Waals surface area contributed by atoms with Crippen LogP contribution >= 0.6 is 0 Å². The van der Waals surface area contributed by atoms with E-state index in [2.05, 4.69) is 15.5 Å². The summed E-state index contributed by atoms with van der Waals surface area (Å²) in [7, 11) is 0. The molecule has 1 atom stereocenters. The largest absolute Gasteiger partial charge is 0.381 e. The Morgan fingerprint density at radius 1 is 1.12 bits per heavy atom. The molecule has 2 aromatic rings. The van der Waals surface area contributed by atoms with E-state index in [1.54, 1.807) is 0 Å². The number of nitrogens with one attached hydrogen (secondary N) is 2. The van der Waals surface area contributed by atoms with E-state index >= 15 is 0 Å². The molecule has 0 bridgehead atoms. The number of ether oxygens (including phenoxy) is 1. The van der Waals surface area contributed by atoms with Crippen LogP contribution in [0.25, 0.3) is 0 Å². The molecule has 0 radical (unpaired) electrons. The lowest BCUT2D eigenvalue weighted by Crippen LogP contribution is -2.52. The van der Waals surface area contributed by atoms with Crippen LogP contribution in [0.4, 0.5) is 5.69 Å². The molecule has 5 rings (SSSR count). The second-order valence-electron chi connectivity index (χ2n) is 8.38. The molecule has 2 N–H and O–H groups in total. The Balaban J connectivity index is 1.36. The molecular weight excluding hydrogens is 420 g/mol. The molecule has 0 spiro atoms. The van der Waals surface area contributed by atoms with Crippen molar-refractivity contribution in [1.29, 1.82) is 0 Å². The highest BCUT2D eigenvalue weighted by Gasteiger charge is 2.39. The van der Waals surface area contributed by atoms with Crippen molar-refractivity contribution in [2.75, 3.05) is 31.6 Å². The third-order valence-corrected chi connectivity index (χ3v) is 6.19. The number of imide groups is 1. The Morgan fingerprint density at radius 3 is 2.64 bits per heavy atom. The number of carbonyl (C=O) groups excluding carboxylic acids is 3. The van der Waals surface area contributed by atoms with Crippen molar-refractivity contribution in [3.63, 3.8) is 0 Å². The molecule has 3 amide bonds. The van der Waals surface area contributed by atoms with E-state index in [1.807, 2.05) is 24.3 Å². The van der Waals surface area contributed by atoms with E-state index in [1.165, 1.54) is 5.56 Å². The minimum absolute atomic E-state index is 0.0802. The Bertz CT molecular complexity index is 1270. The van der Waals surface area contributed by atoms with Gasteiger partial charge in [-0.3, -0.25) is 24.6 Å². The van der Waals surface area contributed by atoms with Gasteiger partial charge in [0.2, 0.25) is 11.8 Å². The second-order valence-corrected chi connectivity index (χ2v) is 8.38. The molecule has 172 valence electrons. The van der Waals surface area contributed by atoms with E-state index in [0.29, 0.717) is 12.1 Å². The molecule has 3 aliphatic heterocycles. The summed E-state index contributed by atoms with van der Waals surface area (Å²) in [5.74, 6) is -2.11. The zero-order valence-electron chi connectivity index (χ0n) is 22.2. The lowest BCUT2D eigenvalue weighted by molar-refractivity contribution is -0.136. The van der Waals surface area contributed by atoms with Crippen LogP contribution in [0.5, 0.6) is 0 Å². The third-order valence-electron chi connectivity index (χ3n) is 6.19. The van der Waals surface area contributed by atoms with Gasteiger partial charge in [-0.05, 0) is 29.6 Å². The number of anilines is 1. The van der Waals surface area contributed by atoms with Crippen molar-refractivity contribution >= 4 is 23.4 Å². The minimum atomic E-state index is -2.01. The lowest BCUT2D eigenvalue weighted by atomic mass is 10.0. The number of amides is 3. The van der Waals surface area contributed by atoms with Crippen molar-refractivity contribution < 1.29 is 24.6 Å². The summed E-state index contributed by atoms with van der Waals surface area (Å²) in [5.41, 5.74) is 2.58. The molecule has 0 aromatic heterocycles. The third kappa shape index (κ3) is 4.62. The van der Waals surface area contributed by atoms with E-state index in [9.17, 15) is 14.4 Å². The smallest absolute Gasteiger partial charge is 0.255 e. The molecule has 8 nitrogen and oxygen atoms in total. The predicted molar refractivity (Wildman–Crippen MR) is 122 cm³/mol. The first-order chi connectivity index (χ1) is 17.7. The molecular formula is C25H28N4O4. The summed E-state index contributed by atoms with van der Waals surface area (Å²) in [5, 5.41) is 5.28. The van der Waals surface area contributed by atoms with Gasteiger partial charge in [0.1, 0.15) is 6.02 Å². The van der Waals surface area contributed by atoms with Crippen molar-refractivity contribution in [2.24, 2.45) is 0 Å². The number of piperidine rings is 1. The standard InChI is InChI=1S/C25H28N4O4/c30-23-9-8-22(24(31)27-23)29-16-20-19(25(29)32)2-1-3-21(20)26-14-17-4-6-18(7-5-17)15-28-10-12-33-13-11-28/h1-7,22,26H,8-16H2,(H,27,30,31)/i1D,2D,3D,22D. The van der Waals surface area contributed by atoms with Gasteiger partial charge >= 0.3 is 0 Å². The highest BCUT2D eigenvalue weighted by atomic mass is 16.5. The van der Waals surface area contributed by atoms with E-state index in [-0.39, 0.29) is 36.7 Å².